The molecule has 0 amide bonds. The van der Waals surface area contributed by atoms with Gasteiger partial charge in [-0.2, -0.15) is 0 Å². The Morgan fingerprint density at radius 1 is 1.39 bits per heavy atom. The van der Waals surface area contributed by atoms with E-state index in [9.17, 15) is 4.79 Å². The van der Waals surface area contributed by atoms with Gasteiger partial charge in [0.05, 0.1) is 11.3 Å². The lowest BCUT2D eigenvalue weighted by atomic mass is 10.1. The van der Waals surface area contributed by atoms with E-state index in [4.69, 9.17) is 5.73 Å². The molecule has 2 aromatic rings. The molecule has 0 atom stereocenters. The van der Waals surface area contributed by atoms with Crippen molar-refractivity contribution in [3.8, 4) is 5.69 Å². The lowest BCUT2D eigenvalue weighted by Crippen LogP contribution is -2.19. The Kier molecular flexibility index (Phi) is 3.73. The van der Waals surface area contributed by atoms with E-state index >= 15 is 0 Å². The number of rotatable bonds is 3. The molecule has 96 valence electrons. The predicted molar refractivity (Wildman–Crippen MR) is 76.1 cm³/mol. The van der Waals surface area contributed by atoms with Crippen molar-refractivity contribution in [2.45, 2.75) is 26.3 Å². The summed E-state index contributed by atoms with van der Waals surface area (Å²) < 4.78 is 2.41. The third-order valence-corrected chi connectivity index (χ3v) is 3.56. The van der Waals surface area contributed by atoms with Crippen LogP contribution in [0.15, 0.2) is 33.5 Å². The number of nitrogens with one attached hydrogen (secondary N) is 1. The Balaban J connectivity index is 2.67. The smallest absolute Gasteiger partial charge is 0.276 e. The monoisotopic (exact) mass is 309 g/mol. The number of H-pyrrole nitrogens is 1. The van der Waals surface area contributed by atoms with Crippen LogP contribution in [-0.2, 0) is 6.54 Å². The standard InChI is InChI=1S/C13H16BrN3O/c1-8(2)12-9(7-15)13(18)17(16-12)11-6-4-3-5-10(11)14/h3-6,8,16H,7,15H2,1-2H3. The largest absolute Gasteiger partial charge is 0.326 e. The number of aromatic amines is 1. The van der Waals surface area contributed by atoms with Crippen LogP contribution in [0.1, 0.15) is 31.0 Å². The minimum Gasteiger partial charge on any atom is -0.326 e. The van der Waals surface area contributed by atoms with Crippen molar-refractivity contribution in [3.63, 3.8) is 0 Å². The molecule has 0 unspecified atom stereocenters. The lowest BCUT2D eigenvalue weighted by Gasteiger charge is -2.05. The van der Waals surface area contributed by atoms with Gasteiger partial charge < -0.3 is 5.73 Å². The van der Waals surface area contributed by atoms with Crippen molar-refractivity contribution in [3.05, 3.63) is 50.3 Å². The van der Waals surface area contributed by atoms with E-state index in [1.54, 1.807) is 4.68 Å². The molecule has 0 bridgehead atoms. The molecule has 0 aliphatic heterocycles. The Bertz CT molecular complexity index is 613. The summed E-state index contributed by atoms with van der Waals surface area (Å²) in [5.74, 6) is 0.236. The highest BCUT2D eigenvalue weighted by Gasteiger charge is 2.17. The molecular weight excluding hydrogens is 294 g/mol. The molecule has 1 aromatic carbocycles. The zero-order chi connectivity index (χ0) is 13.3. The first kappa shape index (κ1) is 13.1. The van der Waals surface area contributed by atoms with E-state index in [-0.39, 0.29) is 18.0 Å². The summed E-state index contributed by atoms with van der Waals surface area (Å²) in [5.41, 5.74) is 7.95. The minimum absolute atomic E-state index is 0.0758. The van der Waals surface area contributed by atoms with Crippen LogP contribution in [-0.4, -0.2) is 9.78 Å². The summed E-state index contributed by atoms with van der Waals surface area (Å²) >= 11 is 3.45. The number of nitrogens with zero attached hydrogens (tertiary/aromatic N) is 1. The average Bonchev–Trinajstić information content (AvgIpc) is 2.67. The van der Waals surface area contributed by atoms with Crippen molar-refractivity contribution in [2.75, 3.05) is 0 Å². The Morgan fingerprint density at radius 2 is 2.06 bits per heavy atom. The molecule has 2 rings (SSSR count). The normalized spacial score (nSPS) is 11.2. The Hall–Kier alpha value is -1.33. The van der Waals surface area contributed by atoms with Gasteiger partial charge in [-0.1, -0.05) is 26.0 Å². The number of halogens is 1. The molecule has 0 saturated heterocycles. The average molecular weight is 310 g/mol. The lowest BCUT2D eigenvalue weighted by molar-refractivity contribution is 0.755. The first-order valence-electron chi connectivity index (χ1n) is 5.85. The molecule has 0 aliphatic rings. The van der Waals surface area contributed by atoms with Gasteiger partial charge in [0.25, 0.3) is 5.56 Å². The Morgan fingerprint density at radius 3 is 2.56 bits per heavy atom. The summed E-state index contributed by atoms with van der Waals surface area (Å²) in [6.07, 6.45) is 0. The Labute approximate surface area is 114 Å². The highest BCUT2D eigenvalue weighted by molar-refractivity contribution is 9.10. The van der Waals surface area contributed by atoms with Crippen LogP contribution in [0.5, 0.6) is 0 Å². The molecule has 0 spiro atoms. The zero-order valence-electron chi connectivity index (χ0n) is 10.4. The highest BCUT2D eigenvalue weighted by Crippen LogP contribution is 2.21. The summed E-state index contributed by atoms with van der Waals surface area (Å²) in [6, 6.07) is 7.59. The van der Waals surface area contributed by atoms with Crippen molar-refractivity contribution in [1.29, 1.82) is 0 Å². The van der Waals surface area contributed by atoms with Crippen LogP contribution in [0, 0.1) is 0 Å². The van der Waals surface area contributed by atoms with E-state index in [1.165, 1.54) is 0 Å². The van der Waals surface area contributed by atoms with Crippen molar-refractivity contribution < 1.29 is 0 Å². The summed E-state index contributed by atoms with van der Waals surface area (Å²) in [7, 11) is 0. The quantitative estimate of drug-likeness (QED) is 0.915. The van der Waals surface area contributed by atoms with E-state index in [0.29, 0.717) is 5.56 Å². The molecule has 1 heterocycles. The van der Waals surface area contributed by atoms with Crippen LogP contribution in [0.4, 0.5) is 0 Å². The third kappa shape index (κ3) is 2.15. The zero-order valence-corrected chi connectivity index (χ0v) is 12.0. The fraction of sp³-hybridized carbons (Fsp3) is 0.308. The molecule has 1 aromatic heterocycles. The van der Waals surface area contributed by atoms with Crippen LogP contribution < -0.4 is 11.3 Å². The third-order valence-electron chi connectivity index (χ3n) is 2.89. The van der Waals surface area contributed by atoms with Gasteiger partial charge in [0.1, 0.15) is 0 Å². The van der Waals surface area contributed by atoms with Crippen molar-refractivity contribution in [1.82, 2.24) is 9.78 Å². The maximum absolute atomic E-state index is 12.3. The first-order valence-corrected chi connectivity index (χ1v) is 6.64. The maximum Gasteiger partial charge on any atom is 0.276 e. The first-order chi connectivity index (χ1) is 8.56. The molecule has 18 heavy (non-hydrogen) atoms. The van der Waals surface area contributed by atoms with E-state index in [2.05, 4.69) is 21.0 Å². The SMILES string of the molecule is CC(C)c1[nH]n(-c2ccccc2Br)c(=O)c1CN. The van der Waals surface area contributed by atoms with Crippen LogP contribution in [0.2, 0.25) is 0 Å². The van der Waals surface area contributed by atoms with Gasteiger partial charge >= 0.3 is 0 Å². The van der Waals surface area contributed by atoms with E-state index < -0.39 is 0 Å². The molecule has 0 radical (unpaired) electrons. The molecular formula is C13H16BrN3O. The van der Waals surface area contributed by atoms with Gasteiger partial charge in [0.2, 0.25) is 0 Å². The second kappa shape index (κ2) is 5.12. The second-order valence-corrected chi connectivity index (χ2v) is 5.31. The molecule has 0 aliphatic carbocycles. The van der Waals surface area contributed by atoms with Crippen LogP contribution in [0.3, 0.4) is 0 Å². The van der Waals surface area contributed by atoms with Gasteiger partial charge in [-0.15, -0.1) is 0 Å². The molecule has 3 N–H and O–H groups in total. The summed E-state index contributed by atoms with van der Waals surface area (Å²) in [6.45, 7) is 4.32. The fourth-order valence-corrected chi connectivity index (χ4v) is 2.43. The van der Waals surface area contributed by atoms with Crippen molar-refractivity contribution >= 4 is 15.9 Å². The number of aromatic nitrogens is 2. The van der Waals surface area contributed by atoms with Crippen molar-refractivity contribution in [2.24, 2.45) is 5.73 Å². The van der Waals surface area contributed by atoms with Gasteiger partial charge in [-0.3, -0.25) is 9.89 Å². The maximum atomic E-state index is 12.3. The second-order valence-electron chi connectivity index (χ2n) is 4.45. The fourth-order valence-electron chi connectivity index (χ4n) is 1.97. The number of benzene rings is 1. The minimum atomic E-state index is -0.0758. The van der Waals surface area contributed by atoms with Gasteiger partial charge in [-0.05, 0) is 34.0 Å². The molecule has 0 fully saturated rings. The number of hydrogen-bond acceptors (Lipinski definition) is 2. The van der Waals surface area contributed by atoms with Gasteiger partial charge in [-0.25, -0.2) is 4.68 Å². The predicted octanol–water partition coefficient (Wildman–Crippen LogP) is 2.51. The highest BCUT2D eigenvalue weighted by atomic mass is 79.9. The van der Waals surface area contributed by atoms with Gasteiger partial charge in [0, 0.05) is 16.7 Å². The number of hydrogen-bond donors (Lipinski definition) is 2. The summed E-state index contributed by atoms with van der Waals surface area (Å²) in [5, 5.41) is 3.15. The molecule has 4 nitrogen and oxygen atoms in total. The van der Waals surface area contributed by atoms with Crippen LogP contribution >= 0.6 is 15.9 Å². The van der Waals surface area contributed by atoms with Crippen LogP contribution in [0.25, 0.3) is 5.69 Å². The molecule has 5 heteroatoms. The number of para-hydroxylation sites is 1. The molecule has 0 saturated carbocycles. The van der Waals surface area contributed by atoms with E-state index in [1.807, 2.05) is 38.1 Å². The topological polar surface area (TPSA) is 63.8 Å². The van der Waals surface area contributed by atoms with Gasteiger partial charge in [0.15, 0.2) is 0 Å². The van der Waals surface area contributed by atoms with E-state index in [0.717, 1.165) is 15.9 Å². The summed E-state index contributed by atoms with van der Waals surface area (Å²) in [4.78, 5) is 12.3. The number of nitrogens with two attached hydrogens (primary N) is 1.